The second-order valence-electron chi connectivity index (χ2n) is 3.86. The van der Waals surface area contributed by atoms with Crippen molar-refractivity contribution in [3.05, 3.63) is 59.7 Å². The quantitative estimate of drug-likeness (QED) is 0.911. The number of hydrogen-bond acceptors (Lipinski definition) is 3. The SMILES string of the molecule is COc1ccc(C(=O)Nc2ccc([C]=O)cc2)cc1. The molecule has 4 nitrogen and oxygen atoms in total. The summed E-state index contributed by atoms with van der Waals surface area (Å²) in [6.45, 7) is 0. The number of anilines is 1. The van der Waals surface area contributed by atoms with Gasteiger partial charge in [0, 0.05) is 16.8 Å². The Labute approximate surface area is 111 Å². The molecule has 0 aliphatic rings. The zero-order valence-electron chi connectivity index (χ0n) is 10.3. The van der Waals surface area contributed by atoms with Crippen LogP contribution < -0.4 is 10.1 Å². The minimum atomic E-state index is -0.217. The highest BCUT2D eigenvalue weighted by atomic mass is 16.5. The van der Waals surface area contributed by atoms with Crippen LogP contribution in [0.3, 0.4) is 0 Å². The highest BCUT2D eigenvalue weighted by Crippen LogP contribution is 2.14. The Morgan fingerprint density at radius 1 is 1.05 bits per heavy atom. The van der Waals surface area contributed by atoms with Crippen molar-refractivity contribution in [3.8, 4) is 5.75 Å². The van der Waals surface area contributed by atoms with Crippen LogP contribution in [0.2, 0.25) is 0 Å². The number of ether oxygens (including phenoxy) is 1. The second-order valence-corrected chi connectivity index (χ2v) is 3.86. The smallest absolute Gasteiger partial charge is 0.255 e. The highest BCUT2D eigenvalue weighted by molar-refractivity contribution is 6.04. The summed E-state index contributed by atoms with van der Waals surface area (Å²) in [5.74, 6) is 0.480. The Balaban J connectivity index is 2.08. The van der Waals surface area contributed by atoms with E-state index in [2.05, 4.69) is 5.32 Å². The Morgan fingerprint density at radius 3 is 2.21 bits per heavy atom. The number of amides is 1. The normalized spacial score (nSPS) is 9.74. The molecule has 1 amide bonds. The van der Waals surface area contributed by atoms with Crippen molar-refractivity contribution in [1.29, 1.82) is 0 Å². The van der Waals surface area contributed by atoms with E-state index in [1.807, 2.05) is 0 Å². The van der Waals surface area contributed by atoms with Crippen LogP contribution in [0.1, 0.15) is 15.9 Å². The van der Waals surface area contributed by atoms with E-state index in [-0.39, 0.29) is 5.91 Å². The van der Waals surface area contributed by atoms with Gasteiger partial charge in [-0.15, -0.1) is 0 Å². The van der Waals surface area contributed by atoms with Crippen molar-refractivity contribution in [2.24, 2.45) is 0 Å². The summed E-state index contributed by atoms with van der Waals surface area (Å²) in [6, 6.07) is 13.3. The van der Waals surface area contributed by atoms with Gasteiger partial charge in [0.15, 0.2) is 0 Å². The molecule has 0 unspecified atom stereocenters. The lowest BCUT2D eigenvalue weighted by Gasteiger charge is -2.06. The number of carbonyl (C=O) groups is 1. The molecule has 0 aliphatic carbocycles. The zero-order chi connectivity index (χ0) is 13.7. The molecular weight excluding hydrogens is 242 g/mol. The van der Waals surface area contributed by atoms with Crippen LogP contribution in [-0.4, -0.2) is 19.3 Å². The maximum atomic E-state index is 11.9. The van der Waals surface area contributed by atoms with Crippen LogP contribution in [-0.2, 0) is 4.79 Å². The van der Waals surface area contributed by atoms with Crippen molar-refractivity contribution in [3.63, 3.8) is 0 Å². The third kappa shape index (κ3) is 3.19. The molecule has 2 aromatic rings. The average Bonchev–Trinajstić information content (AvgIpc) is 2.48. The van der Waals surface area contributed by atoms with Crippen LogP contribution in [0, 0.1) is 0 Å². The van der Waals surface area contributed by atoms with E-state index < -0.39 is 0 Å². The van der Waals surface area contributed by atoms with E-state index in [4.69, 9.17) is 4.74 Å². The summed E-state index contributed by atoms with van der Waals surface area (Å²) in [4.78, 5) is 22.3. The maximum absolute atomic E-state index is 11.9. The van der Waals surface area contributed by atoms with Crippen LogP contribution >= 0.6 is 0 Å². The summed E-state index contributed by atoms with van der Waals surface area (Å²) in [7, 11) is 1.57. The summed E-state index contributed by atoms with van der Waals surface area (Å²) >= 11 is 0. The van der Waals surface area contributed by atoms with E-state index in [0.717, 1.165) is 0 Å². The van der Waals surface area contributed by atoms with Crippen LogP contribution in [0.15, 0.2) is 48.5 Å². The first kappa shape index (κ1) is 12.8. The molecule has 4 heteroatoms. The number of rotatable bonds is 4. The monoisotopic (exact) mass is 254 g/mol. The van der Waals surface area contributed by atoms with Crippen molar-refractivity contribution >= 4 is 17.9 Å². The Morgan fingerprint density at radius 2 is 1.68 bits per heavy atom. The highest BCUT2D eigenvalue weighted by Gasteiger charge is 2.06. The fraction of sp³-hybridized carbons (Fsp3) is 0.0667. The number of methoxy groups -OCH3 is 1. The van der Waals surface area contributed by atoms with Gasteiger partial charge in [-0.2, -0.15) is 0 Å². The molecule has 0 saturated carbocycles. The fourth-order valence-electron chi connectivity index (χ4n) is 1.57. The predicted octanol–water partition coefficient (Wildman–Crippen LogP) is 2.41. The molecule has 2 aromatic carbocycles. The minimum Gasteiger partial charge on any atom is -0.497 e. The standard InChI is InChI=1S/C15H12NO3/c1-19-14-8-4-12(5-9-14)15(18)16-13-6-2-11(10-17)3-7-13/h2-9H,1H3,(H,16,18). The first-order valence-corrected chi connectivity index (χ1v) is 5.66. The largest absolute Gasteiger partial charge is 0.497 e. The first-order valence-electron chi connectivity index (χ1n) is 5.66. The van der Waals surface area contributed by atoms with Crippen molar-refractivity contribution < 1.29 is 14.3 Å². The summed E-state index contributed by atoms with van der Waals surface area (Å²) in [5.41, 5.74) is 1.61. The number of benzene rings is 2. The van der Waals surface area contributed by atoms with Crippen LogP contribution in [0.25, 0.3) is 0 Å². The predicted molar refractivity (Wildman–Crippen MR) is 72.2 cm³/mol. The topological polar surface area (TPSA) is 55.4 Å². The lowest BCUT2D eigenvalue weighted by molar-refractivity contribution is 0.102. The summed E-state index contributed by atoms with van der Waals surface area (Å²) in [5, 5.41) is 2.74. The Hall–Kier alpha value is -2.62. The molecular formula is C15H12NO3. The van der Waals surface area contributed by atoms with Crippen LogP contribution in [0.5, 0.6) is 5.75 Å². The van der Waals surface area contributed by atoms with Gasteiger partial charge < -0.3 is 10.1 Å². The van der Waals surface area contributed by atoms with Crippen LogP contribution in [0.4, 0.5) is 5.69 Å². The minimum absolute atomic E-state index is 0.217. The molecule has 0 aromatic heterocycles. The third-order valence-corrected chi connectivity index (χ3v) is 2.61. The molecule has 0 spiro atoms. The van der Waals surface area contributed by atoms with Gasteiger partial charge >= 0.3 is 0 Å². The van der Waals surface area contributed by atoms with E-state index in [1.54, 1.807) is 61.9 Å². The Kier molecular flexibility index (Phi) is 3.93. The molecule has 19 heavy (non-hydrogen) atoms. The van der Waals surface area contributed by atoms with Gasteiger partial charge in [0.1, 0.15) is 5.75 Å². The summed E-state index contributed by atoms with van der Waals surface area (Å²) < 4.78 is 5.02. The van der Waals surface area contributed by atoms with Gasteiger partial charge in [-0.1, -0.05) is 0 Å². The number of hydrogen-bond donors (Lipinski definition) is 1. The van der Waals surface area contributed by atoms with Gasteiger partial charge in [-0.3, -0.25) is 9.59 Å². The molecule has 2 rings (SSSR count). The van der Waals surface area contributed by atoms with E-state index in [1.165, 1.54) is 0 Å². The van der Waals surface area contributed by atoms with Crippen molar-refractivity contribution in [2.75, 3.05) is 12.4 Å². The fourth-order valence-corrected chi connectivity index (χ4v) is 1.57. The zero-order valence-corrected chi connectivity index (χ0v) is 10.3. The number of nitrogens with one attached hydrogen (secondary N) is 1. The molecule has 0 bridgehead atoms. The van der Waals surface area contributed by atoms with Gasteiger partial charge in [0.2, 0.25) is 6.29 Å². The molecule has 0 atom stereocenters. The molecule has 0 heterocycles. The molecule has 0 fully saturated rings. The third-order valence-electron chi connectivity index (χ3n) is 2.61. The number of carbonyl (C=O) groups excluding carboxylic acids is 2. The van der Waals surface area contributed by atoms with E-state index in [9.17, 15) is 9.59 Å². The van der Waals surface area contributed by atoms with Gasteiger partial charge in [0.05, 0.1) is 7.11 Å². The van der Waals surface area contributed by atoms with E-state index in [0.29, 0.717) is 22.6 Å². The second kappa shape index (κ2) is 5.82. The summed E-state index contributed by atoms with van der Waals surface area (Å²) in [6.07, 6.45) is 1.78. The molecule has 0 aliphatic heterocycles. The average molecular weight is 254 g/mol. The van der Waals surface area contributed by atoms with Gasteiger partial charge in [-0.05, 0) is 48.5 Å². The van der Waals surface area contributed by atoms with Crippen molar-refractivity contribution in [1.82, 2.24) is 0 Å². The van der Waals surface area contributed by atoms with E-state index >= 15 is 0 Å². The van der Waals surface area contributed by atoms with Gasteiger partial charge in [-0.25, -0.2) is 0 Å². The lowest BCUT2D eigenvalue weighted by Crippen LogP contribution is -2.11. The first-order chi connectivity index (χ1) is 9.22. The molecule has 1 radical (unpaired) electrons. The Bertz CT molecular complexity index is 573. The van der Waals surface area contributed by atoms with Gasteiger partial charge in [0.25, 0.3) is 5.91 Å². The van der Waals surface area contributed by atoms with Crippen molar-refractivity contribution in [2.45, 2.75) is 0 Å². The molecule has 1 N–H and O–H groups in total. The molecule has 0 saturated heterocycles. The molecule has 95 valence electrons. The lowest BCUT2D eigenvalue weighted by atomic mass is 10.2. The maximum Gasteiger partial charge on any atom is 0.255 e.